The highest BCUT2D eigenvalue weighted by Crippen LogP contribution is 2.20. The van der Waals surface area contributed by atoms with Gasteiger partial charge in [0.2, 0.25) is 0 Å². The molecular weight excluding hydrogens is 239 g/mol. The monoisotopic (exact) mass is 266 g/mol. The van der Waals surface area contributed by atoms with E-state index < -0.39 is 0 Å². The van der Waals surface area contributed by atoms with Gasteiger partial charge in [-0.2, -0.15) is 0 Å². The SMILES string of the molecule is CCCCN(C)c1ccc(CNC(C)(C)C)cc1F. The molecule has 0 saturated heterocycles. The van der Waals surface area contributed by atoms with Crippen LogP contribution in [0.2, 0.25) is 0 Å². The van der Waals surface area contributed by atoms with Crippen LogP contribution in [-0.4, -0.2) is 19.1 Å². The number of halogens is 1. The summed E-state index contributed by atoms with van der Waals surface area (Å²) in [6.45, 7) is 10.1. The van der Waals surface area contributed by atoms with Crippen molar-refractivity contribution in [1.29, 1.82) is 0 Å². The van der Waals surface area contributed by atoms with Crippen molar-refractivity contribution < 1.29 is 4.39 Å². The Morgan fingerprint density at radius 2 is 1.95 bits per heavy atom. The molecule has 0 spiro atoms. The van der Waals surface area contributed by atoms with Gasteiger partial charge in [-0.15, -0.1) is 0 Å². The molecule has 1 aromatic rings. The maximum atomic E-state index is 14.1. The predicted molar refractivity (Wildman–Crippen MR) is 81.2 cm³/mol. The van der Waals surface area contributed by atoms with Crippen molar-refractivity contribution in [3.05, 3.63) is 29.6 Å². The van der Waals surface area contributed by atoms with Crippen molar-refractivity contribution in [2.75, 3.05) is 18.5 Å². The average molecular weight is 266 g/mol. The summed E-state index contributed by atoms with van der Waals surface area (Å²) >= 11 is 0. The van der Waals surface area contributed by atoms with E-state index in [0.29, 0.717) is 12.2 Å². The highest BCUT2D eigenvalue weighted by Gasteiger charge is 2.11. The van der Waals surface area contributed by atoms with Gasteiger partial charge in [0.25, 0.3) is 0 Å². The van der Waals surface area contributed by atoms with E-state index >= 15 is 0 Å². The number of rotatable bonds is 6. The minimum absolute atomic E-state index is 0.0487. The Morgan fingerprint density at radius 1 is 1.26 bits per heavy atom. The van der Waals surface area contributed by atoms with Crippen molar-refractivity contribution in [1.82, 2.24) is 5.32 Å². The van der Waals surface area contributed by atoms with Crippen LogP contribution in [0.4, 0.5) is 10.1 Å². The Labute approximate surface area is 117 Å². The third-order valence-corrected chi connectivity index (χ3v) is 3.09. The van der Waals surface area contributed by atoms with Gasteiger partial charge in [-0.05, 0) is 44.9 Å². The number of nitrogens with one attached hydrogen (secondary N) is 1. The van der Waals surface area contributed by atoms with E-state index in [1.165, 1.54) is 0 Å². The summed E-state index contributed by atoms with van der Waals surface area (Å²) < 4.78 is 14.1. The number of unbranched alkanes of at least 4 members (excludes halogenated alkanes) is 1. The zero-order valence-corrected chi connectivity index (χ0v) is 12.9. The summed E-state index contributed by atoms with van der Waals surface area (Å²) in [6, 6.07) is 5.51. The first-order valence-electron chi connectivity index (χ1n) is 7.08. The largest absolute Gasteiger partial charge is 0.372 e. The molecule has 2 nitrogen and oxygen atoms in total. The third kappa shape index (κ3) is 5.60. The lowest BCUT2D eigenvalue weighted by Crippen LogP contribution is -2.35. The molecule has 1 aromatic carbocycles. The fourth-order valence-electron chi connectivity index (χ4n) is 1.85. The van der Waals surface area contributed by atoms with E-state index in [1.807, 2.05) is 24.1 Å². The second kappa shape index (κ2) is 6.90. The summed E-state index contributed by atoms with van der Waals surface area (Å²) in [5.74, 6) is -0.133. The zero-order chi connectivity index (χ0) is 14.5. The van der Waals surface area contributed by atoms with Crippen LogP contribution in [0, 0.1) is 5.82 Å². The Kier molecular flexibility index (Phi) is 5.80. The van der Waals surface area contributed by atoms with E-state index in [0.717, 1.165) is 24.9 Å². The minimum Gasteiger partial charge on any atom is -0.372 e. The lowest BCUT2D eigenvalue weighted by molar-refractivity contribution is 0.423. The topological polar surface area (TPSA) is 15.3 Å². The van der Waals surface area contributed by atoms with Gasteiger partial charge >= 0.3 is 0 Å². The lowest BCUT2D eigenvalue weighted by Gasteiger charge is -2.22. The molecule has 108 valence electrons. The van der Waals surface area contributed by atoms with Crippen LogP contribution in [0.3, 0.4) is 0 Å². The van der Waals surface area contributed by atoms with Gasteiger partial charge in [-0.25, -0.2) is 4.39 Å². The number of benzene rings is 1. The zero-order valence-electron chi connectivity index (χ0n) is 12.9. The fraction of sp³-hybridized carbons (Fsp3) is 0.625. The predicted octanol–water partition coefficient (Wildman–Crippen LogP) is 3.95. The number of nitrogens with zero attached hydrogens (tertiary/aromatic N) is 1. The van der Waals surface area contributed by atoms with E-state index in [9.17, 15) is 4.39 Å². The maximum absolute atomic E-state index is 14.1. The first-order valence-corrected chi connectivity index (χ1v) is 7.08. The summed E-state index contributed by atoms with van der Waals surface area (Å²) in [6.07, 6.45) is 2.21. The summed E-state index contributed by atoms with van der Waals surface area (Å²) in [5.41, 5.74) is 1.72. The lowest BCUT2D eigenvalue weighted by atomic mass is 10.1. The third-order valence-electron chi connectivity index (χ3n) is 3.09. The normalized spacial score (nSPS) is 11.7. The smallest absolute Gasteiger partial charge is 0.146 e. The minimum atomic E-state index is -0.133. The Morgan fingerprint density at radius 3 is 2.47 bits per heavy atom. The molecule has 0 bridgehead atoms. The van der Waals surface area contributed by atoms with Crippen LogP contribution in [0.1, 0.15) is 46.1 Å². The van der Waals surface area contributed by atoms with Crippen molar-refractivity contribution >= 4 is 5.69 Å². The standard InChI is InChI=1S/C16H27FN2/c1-6-7-10-19(5)15-9-8-13(11-14(15)17)12-18-16(2,3)4/h8-9,11,18H,6-7,10,12H2,1-5H3. The Bertz CT molecular complexity index is 396. The molecule has 0 aliphatic carbocycles. The Hall–Kier alpha value is -1.09. The molecule has 0 saturated carbocycles. The van der Waals surface area contributed by atoms with Gasteiger partial charge in [0, 0.05) is 25.7 Å². The van der Waals surface area contributed by atoms with E-state index in [4.69, 9.17) is 0 Å². The quantitative estimate of drug-likeness (QED) is 0.838. The molecule has 0 heterocycles. The fourth-order valence-corrected chi connectivity index (χ4v) is 1.85. The Balaban J connectivity index is 2.69. The number of hydrogen-bond donors (Lipinski definition) is 1. The highest BCUT2D eigenvalue weighted by atomic mass is 19.1. The molecule has 19 heavy (non-hydrogen) atoms. The molecule has 1 rings (SSSR count). The van der Waals surface area contributed by atoms with Gasteiger partial charge in [-0.3, -0.25) is 0 Å². The molecule has 0 atom stereocenters. The van der Waals surface area contributed by atoms with Gasteiger partial charge in [0.1, 0.15) is 5.82 Å². The van der Waals surface area contributed by atoms with E-state index in [2.05, 4.69) is 33.0 Å². The summed E-state index contributed by atoms with van der Waals surface area (Å²) in [4.78, 5) is 1.99. The first-order chi connectivity index (χ1) is 8.83. The van der Waals surface area contributed by atoms with E-state index in [1.54, 1.807) is 6.07 Å². The van der Waals surface area contributed by atoms with Crippen molar-refractivity contribution in [2.45, 2.75) is 52.6 Å². The van der Waals surface area contributed by atoms with Crippen LogP contribution < -0.4 is 10.2 Å². The second-order valence-corrected chi connectivity index (χ2v) is 6.16. The summed E-state index contributed by atoms with van der Waals surface area (Å²) in [7, 11) is 1.95. The molecule has 0 radical (unpaired) electrons. The summed E-state index contributed by atoms with van der Waals surface area (Å²) in [5, 5.41) is 3.37. The number of anilines is 1. The van der Waals surface area contributed by atoms with Gasteiger partial charge in [0.15, 0.2) is 0 Å². The molecule has 1 N–H and O–H groups in total. The molecule has 0 aliphatic heterocycles. The molecule has 0 aliphatic rings. The van der Waals surface area contributed by atoms with E-state index in [-0.39, 0.29) is 11.4 Å². The molecule has 3 heteroatoms. The van der Waals surface area contributed by atoms with Crippen LogP contribution in [0.15, 0.2) is 18.2 Å². The van der Waals surface area contributed by atoms with Crippen molar-refractivity contribution in [3.63, 3.8) is 0 Å². The highest BCUT2D eigenvalue weighted by molar-refractivity contribution is 5.48. The van der Waals surface area contributed by atoms with Crippen LogP contribution in [0.5, 0.6) is 0 Å². The van der Waals surface area contributed by atoms with Crippen LogP contribution >= 0.6 is 0 Å². The van der Waals surface area contributed by atoms with Gasteiger partial charge in [-0.1, -0.05) is 19.4 Å². The van der Waals surface area contributed by atoms with Crippen LogP contribution in [0.25, 0.3) is 0 Å². The van der Waals surface area contributed by atoms with Crippen LogP contribution in [-0.2, 0) is 6.54 Å². The molecule has 0 aromatic heterocycles. The van der Waals surface area contributed by atoms with Gasteiger partial charge < -0.3 is 10.2 Å². The van der Waals surface area contributed by atoms with Crippen molar-refractivity contribution in [2.24, 2.45) is 0 Å². The second-order valence-electron chi connectivity index (χ2n) is 6.16. The average Bonchev–Trinajstić information content (AvgIpc) is 2.32. The van der Waals surface area contributed by atoms with Crippen molar-refractivity contribution in [3.8, 4) is 0 Å². The maximum Gasteiger partial charge on any atom is 0.146 e. The molecule has 0 fully saturated rings. The molecule has 0 unspecified atom stereocenters. The molecule has 0 amide bonds. The number of hydrogen-bond acceptors (Lipinski definition) is 2. The molecular formula is C16H27FN2. The van der Waals surface area contributed by atoms with Gasteiger partial charge in [0.05, 0.1) is 5.69 Å². The first kappa shape index (κ1) is 16.0.